The van der Waals surface area contributed by atoms with Gasteiger partial charge in [0, 0.05) is 18.5 Å². The predicted molar refractivity (Wildman–Crippen MR) is 52.3 cm³/mol. The Morgan fingerprint density at radius 3 is 2.92 bits per heavy atom. The Kier molecular flexibility index (Phi) is 2.11. The molecule has 0 radical (unpaired) electrons. The smallest absolute Gasteiger partial charge is 0.219 e. The van der Waals surface area contributed by atoms with Crippen LogP contribution in [0.5, 0.6) is 0 Å². The molecule has 1 atom stereocenters. The van der Waals surface area contributed by atoms with Gasteiger partial charge in [-0.1, -0.05) is 11.8 Å². The summed E-state index contributed by atoms with van der Waals surface area (Å²) in [6.45, 7) is 1.51. The lowest BCUT2D eigenvalue weighted by molar-refractivity contribution is -0.119. The van der Waals surface area contributed by atoms with E-state index in [1.54, 1.807) is 0 Å². The van der Waals surface area contributed by atoms with E-state index in [1.807, 2.05) is 0 Å². The van der Waals surface area contributed by atoms with E-state index in [0.29, 0.717) is 5.92 Å². The molecule has 13 heavy (non-hydrogen) atoms. The second-order valence-electron chi connectivity index (χ2n) is 3.39. The fourth-order valence-corrected chi connectivity index (χ4v) is 2.39. The van der Waals surface area contributed by atoms with Gasteiger partial charge in [-0.05, 0) is 12.8 Å². The Bertz CT molecular complexity index is 273. The molecule has 1 aliphatic carbocycles. The largest absolute Gasteiger partial charge is 0.392 e. The number of thioether (sulfide) groups is 1. The van der Waals surface area contributed by atoms with Gasteiger partial charge in [-0.2, -0.15) is 0 Å². The molecular formula is C8H13N3OS. The van der Waals surface area contributed by atoms with Crippen LogP contribution in [0.15, 0.2) is 10.7 Å². The highest BCUT2D eigenvalue weighted by Gasteiger charge is 2.34. The van der Waals surface area contributed by atoms with E-state index in [1.165, 1.54) is 31.5 Å². The molecule has 0 aromatic heterocycles. The summed E-state index contributed by atoms with van der Waals surface area (Å²) in [7, 11) is 0. The number of allylic oxidation sites excluding steroid dienone is 1. The fourth-order valence-electron chi connectivity index (χ4n) is 1.37. The van der Waals surface area contributed by atoms with Gasteiger partial charge in [0.05, 0.1) is 5.03 Å². The normalized spacial score (nSPS) is 27.3. The third kappa shape index (κ3) is 1.91. The summed E-state index contributed by atoms with van der Waals surface area (Å²) in [5.41, 5.74) is 6.88. The monoisotopic (exact) mass is 199 g/mol. The molecule has 1 heterocycles. The first-order valence-electron chi connectivity index (χ1n) is 4.37. The summed E-state index contributed by atoms with van der Waals surface area (Å²) >= 11 is 1.48. The standard InChI is InChI=1S/C8H13N3OS/c1-4(12)10-8-11-6(5-2-3-5)7(9)13-8/h5,8,11H,2-3,9H2,1H3,(H,10,12). The van der Waals surface area contributed by atoms with Crippen LogP contribution in [0.1, 0.15) is 19.8 Å². The lowest BCUT2D eigenvalue weighted by atomic mass is 10.3. The van der Waals surface area contributed by atoms with E-state index < -0.39 is 0 Å². The van der Waals surface area contributed by atoms with E-state index in [0.717, 1.165) is 10.7 Å². The van der Waals surface area contributed by atoms with Crippen molar-refractivity contribution in [3.05, 3.63) is 10.7 Å². The molecule has 0 aromatic rings. The van der Waals surface area contributed by atoms with Crippen LogP contribution >= 0.6 is 11.8 Å². The summed E-state index contributed by atoms with van der Waals surface area (Å²) in [6.07, 6.45) is 2.44. The number of rotatable bonds is 2. The molecule has 1 saturated carbocycles. The van der Waals surface area contributed by atoms with Crippen molar-refractivity contribution < 1.29 is 4.79 Å². The van der Waals surface area contributed by atoms with Crippen LogP contribution < -0.4 is 16.4 Å². The quantitative estimate of drug-likeness (QED) is 0.597. The Labute approximate surface area is 81.3 Å². The summed E-state index contributed by atoms with van der Waals surface area (Å²) in [5, 5.41) is 6.83. The van der Waals surface area contributed by atoms with Gasteiger partial charge in [0.25, 0.3) is 0 Å². The van der Waals surface area contributed by atoms with Crippen molar-refractivity contribution >= 4 is 17.7 Å². The zero-order chi connectivity index (χ0) is 9.42. The first-order chi connectivity index (χ1) is 6.16. The first-order valence-corrected chi connectivity index (χ1v) is 5.24. The average Bonchev–Trinajstić information content (AvgIpc) is 2.77. The van der Waals surface area contributed by atoms with Crippen LogP contribution in [0.2, 0.25) is 0 Å². The van der Waals surface area contributed by atoms with Crippen LogP contribution in [0.4, 0.5) is 0 Å². The van der Waals surface area contributed by atoms with Gasteiger partial charge in [-0.25, -0.2) is 0 Å². The van der Waals surface area contributed by atoms with Gasteiger partial charge in [0.1, 0.15) is 0 Å². The van der Waals surface area contributed by atoms with Gasteiger partial charge >= 0.3 is 0 Å². The van der Waals surface area contributed by atoms with E-state index >= 15 is 0 Å². The van der Waals surface area contributed by atoms with Crippen molar-refractivity contribution in [2.24, 2.45) is 11.7 Å². The van der Waals surface area contributed by atoms with Crippen molar-refractivity contribution in [2.45, 2.75) is 25.3 Å². The zero-order valence-electron chi connectivity index (χ0n) is 7.46. The first kappa shape index (κ1) is 8.74. The summed E-state index contributed by atoms with van der Waals surface area (Å²) < 4.78 is 0. The summed E-state index contributed by atoms with van der Waals surface area (Å²) in [4.78, 5) is 10.8. The summed E-state index contributed by atoms with van der Waals surface area (Å²) in [6, 6.07) is 0. The molecular weight excluding hydrogens is 186 g/mol. The Morgan fingerprint density at radius 2 is 2.38 bits per heavy atom. The van der Waals surface area contributed by atoms with E-state index in [2.05, 4.69) is 10.6 Å². The van der Waals surface area contributed by atoms with Crippen molar-refractivity contribution in [3.63, 3.8) is 0 Å². The third-order valence-corrected chi connectivity index (χ3v) is 3.06. The van der Waals surface area contributed by atoms with Crippen molar-refractivity contribution in [1.82, 2.24) is 10.6 Å². The third-order valence-electron chi connectivity index (χ3n) is 2.12. The molecule has 1 aliphatic heterocycles. The number of carbonyl (C=O) groups excluding carboxylic acids is 1. The minimum absolute atomic E-state index is 0.0325. The van der Waals surface area contributed by atoms with E-state index in [4.69, 9.17) is 5.73 Å². The molecule has 1 fully saturated rings. The Morgan fingerprint density at radius 1 is 1.69 bits per heavy atom. The Balaban J connectivity index is 1.93. The molecule has 0 spiro atoms. The lowest BCUT2D eigenvalue weighted by Crippen LogP contribution is -2.38. The van der Waals surface area contributed by atoms with E-state index in [-0.39, 0.29) is 11.4 Å². The number of carbonyl (C=O) groups is 1. The van der Waals surface area contributed by atoms with Gasteiger partial charge in [0.2, 0.25) is 5.91 Å². The molecule has 0 bridgehead atoms. The van der Waals surface area contributed by atoms with Crippen molar-refractivity contribution in [2.75, 3.05) is 0 Å². The molecule has 0 aromatic carbocycles. The number of nitrogens with two attached hydrogens (primary N) is 1. The number of amides is 1. The molecule has 0 saturated heterocycles. The second kappa shape index (κ2) is 3.14. The van der Waals surface area contributed by atoms with Crippen LogP contribution in [0.25, 0.3) is 0 Å². The molecule has 5 heteroatoms. The number of nitrogens with one attached hydrogen (secondary N) is 2. The SMILES string of the molecule is CC(=O)NC1NC(C2CC2)=C(N)S1. The van der Waals surface area contributed by atoms with Gasteiger partial charge in [-0.3, -0.25) is 4.79 Å². The molecule has 4 nitrogen and oxygen atoms in total. The van der Waals surface area contributed by atoms with Crippen molar-refractivity contribution in [3.8, 4) is 0 Å². The van der Waals surface area contributed by atoms with Gasteiger partial charge in [-0.15, -0.1) is 0 Å². The topological polar surface area (TPSA) is 67.2 Å². The number of hydrogen-bond acceptors (Lipinski definition) is 4. The zero-order valence-corrected chi connectivity index (χ0v) is 8.28. The highest BCUT2D eigenvalue weighted by Crippen LogP contribution is 2.41. The molecule has 2 aliphatic rings. The van der Waals surface area contributed by atoms with Crippen LogP contribution in [-0.4, -0.2) is 11.4 Å². The summed E-state index contributed by atoms with van der Waals surface area (Å²) in [5.74, 6) is 0.584. The lowest BCUT2D eigenvalue weighted by Gasteiger charge is -2.12. The molecule has 1 amide bonds. The molecule has 72 valence electrons. The molecule has 2 rings (SSSR count). The van der Waals surface area contributed by atoms with Crippen LogP contribution in [-0.2, 0) is 4.79 Å². The van der Waals surface area contributed by atoms with Gasteiger partial charge in [0.15, 0.2) is 5.50 Å². The minimum Gasteiger partial charge on any atom is -0.392 e. The average molecular weight is 199 g/mol. The van der Waals surface area contributed by atoms with Crippen molar-refractivity contribution in [1.29, 1.82) is 0 Å². The highest BCUT2D eigenvalue weighted by molar-refractivity contribution is 8.03. The van der Waals surface area contributed by atoms with Gasteiger partial charge < -0.3 is 16.4 Å². The minimum atomic E-state index is -0.0619. The maximum Gasteiger partial charge on any atom is 0.219 e. The maximum atomic E-state index is 10.8. The molecule has 4 N–H and O–H groups in total. The highest BCUT2D eigenvalue weighted by atomic mass is 32.2. The maximum absolute atomic E-state index is 10.8. The van der Waals surface area contributed by atoms with Crippen LogP contribution in [0.3, 0.4) is 0 Å². The fraction of sp³-hybridized carbons (Fsp3) is 0.625. The van der Waals surface area contributed by atoms with E-state index in [9.17, 15) is 4.79 Å². The molecule has 1 unspecified atom stereocenters. The number of hydrogen-bond donors (Lipinski definition) is 3. The van der Waals surface area contributed by atoms with Crippen LogP contribution in [0, 0.1) is 5.92 Å². The predicted octanol–water partition coefficient (Wildman–Crippen LogP) is 0.280. The second-order valence-corrected chi connectivity index (χ2v) is 4.54. The Hall–Kier alpha value is -0.840.